The lowest BCUT2D eigenvalue weighted by Gasteiger charge is -2.51. The molecular weight excluding hydrogens is 320 g/mol. The third kappa shape index (κ3) is 2.74. The second-order valence-electron chi connectivity index (χ2n) is 8.47. The van der Waals surface area contributed by atoms with E-state index in [1.807, 2.05) is 12.1 Å². The van der Waals surface area contributed by atoms with Gasteiger partial charge in [-0.25, -0.2) is 0 Å². The van der Waals surface area contributed by atoms with Crippen molar-refractivity contribution in [2.75, 3.05) is 19.6 Å². The van der Waals surface area contributed by atoms with Gasteiger partial charge in [0, 0.05) is 31.1 Å². The molecule has 2 bridgehead atoms. The molecule has 4 aliphatic rings. The minimum absolute atomic E-state index is 0.395. The molecule has 0 unspecified atom stereocenters. The minimum Gasteiger partial charge on any atom is -0.508 e. The van der Waals surface area contributed by atoms with E-state index in [1.165, 1.54) is 42.6 Å². The van der Waals surface area contributed by atoms with Crippen LogP contribution in [0.4, 0.5) is 0 Å². The molecule has 3 nitrogen and oxygen atoms in total. The number of hydrogen-bond donors (Lipinski definition) is 1. The van der Waals surface area contributed by atoms with Gasteiger partial charge in [-0.15, -0.1) is 0 Å². The minimum atomic E-state index is 0.395. The molecule has 136 valence electrons. The zero-order valence-corrected chi connectivity index (χ0v) is 15.5. The van der Waals surface area contributed by atoms with Crippen molar-refractivity contribution in [2.24, 2.45) is 5.92 Å². The quantitative estimate of drug-likeness (QED) is 0.915. The lowest BCUT2D eigenvalue weighted by molar-refractivity contribution is -0.00869. The Hall–Kier alpha value is -1.84. The lowest BCUT2D eigenvalue weighted by atomic mass is 9.75. The molecule has 0 saturated carbocycles. The molecule has 1 N–H and O–H groups in total. The van der Waals surface area contributed by atoms with Crippen LogP contribution in [0, 0.1) is 12.8 Å². The van der Waals surface area contributed by atoms with Crippen molar-refractivity contribution in [1.82, 2.24) is 9.80 Å². The van der Waals surface area contributed by atoms with Crippen LogP contribution in [-0.2, 0) is 6.54 Å². The number of hydrogen-bond acceptors (Lipinski definition) is 3. The van der Waals surface area contributed by atoms with Gasteiger partial charge in [0.05, 0.1) is 0 Å². The fraction of sp³-hybridized carbons (Fsp3) is 0.478. The predicted molar refractivity (Wildman–Crippen MR) is 104 cm³/mol. The molecule has 3 heteroatoms. The summed E-state index contributed by atoms with van der Waals surface area (Å²) in [7, 11) is 0. The average Bonchev–Trinajstić information content (AvgIpc) is 3.06. The summed E-state index contributed by atoms with van der Waals surface area (Å²) in [5.74, 6) is 1.73. The summed E-state index contributed by atoms with van der Waals surface area (Å²) in [6.45, 7) is 6.79. The summed E-state index contributed by atoms with van der Waals surface area (Å²) in [6.07, 6.45) is 2.69. The number of fused-ring (bicyclic) bond motifs is 2. The van der Waals surface area contributed by atoms with Crippen molar-refractivity contribution >= 4 is 0 Å². The highest BCUT2D eigenvalue weighted by atomic mass is 16.3. The molecule has 4 aliphatic heterocycles. The Morgan fingerprint density at radius 3 is 2.50 bits per heavy atom. The standard InChI is InChI=1S/C23H28N2O/c1-16-5-7-17(8-6-16)14-25-15-21(19-3-2-4-20(26)13-19)23-22(25)18-9-11-24(23)12-10-18/h2-8,13,18,21-23,26H,9-12,14-15H2,1H3/t21-,22+,23+/m0/s1. The Kier molecular flexibility index (Phi) is 4.02. The van der Waals surface area contributed by atoms with Crippen LogP contribution in [0.2, 0.25) is 0 Å². The number of benzene rings is 2. The topological polar surface area (TPSA) is 26.7 Å². The van der Waals surface area contributed by atoms with E-state index in [2.05, 4.69) is 47.1 Å². The maximum atomic E-state index is 10.0. The highest BCUT2D eigenvalue weighted by Gasteiger charge is 2.53. The number of likely N-dealkylation sites (tertiary alicyclic amines) is 1. The van der Waals surface area contributed by atoms with Crippen molar-refractivity contribution < 1.29 is 5.11 Å². The molecule has 4 fully saturated rings. The molecule has 2 aromatic carbocycles. The zero-order valence-electron chi connectivity index (χ0n) is 15.5. The lowest BCUT2D eigenvalue weighted by Crippen LogP contribution is -2.59. The van der Waals surface area contributed by atoms with Gasteiger partial charge < -0.3 is 5.11 Å². The Balaban J connectivity index is 1.47. The van der Waals surface area contributed by atoms with Crippen LogP contribution in [0.5, 0.6) is 5.75 Å². The Labute approximate surface area is 156 Å². The Morgan fingerprint density at radius 2 is 1.77 bits per heavy atom. The van der Waals surface area contributed by atoms with Crippen LogP contribution >= 0.6 is 0 Å². The van der Waals surface area contributed by atoms with Crippen LogP contribution in [0.25, 0.3) is 0 Å². The first-order valence-electron chi connectivity index (χ1n) is 10.0. The normalized spacial score (nSPS) is 33.3. The first-order chi connectivity index (χ1) is 12.7. The summed E-state index contributed by atoms with van der Waals surface area (Å²) < 4.78 is 0. The number of nitrogens with zero attached hydrogens (tertiary/aromatic N) is 2. The third-order valence-electron chi connectivity index (χ3n) is 6.90. The first kappa shape index (κ1) is 16.3. The van der Waals surface area contributed by atoms with E-state index in [0.717, 1.165) is 19.0 Å². The average molecular weight is 348 g/mol. The van der Waals surface area contributed by atoms with Crippen LogP contribution in [0.15, 0.2) is 48.5 Å². The van der Waals surface area contributed by atoms with E-state index >= 15 is 0 Å². The second kappa shape index (κ2) is 6.40. The maximum absolute atomic E-state index is 10.0. The fourth-order valence-electron chi connectivity index (χ4n) is 5.70. The highest BCUT2D eigenvalue weighted by molar-refractivity contribution is 5.34. The van der Waals surface area contributed by atoms with Gasteiger partial charge in [-0.3, -0.25) is 9.80 Å². The fourth-order valence-corrected chi connectivity index (χ4v) is 5.70. The number of piperidine rings is 3. The van der Waals surface area contributed by atoms with Gasteiger partial charge in [-0.2, -0.15) is 0 Å². The molecule has 0 aliphatic carbocycles. The van der Waals surface area contributed by atoms with E-state index < -0.39 is 0 Å². The molecule has 2 aromatic rings. The molecule has 4 saturated heterocycles. The van der Waals surface area contributed by atoms with Gasteiger partial charge in [-0.1, -0.05) is 42.0 Å². The van der Waals surface area contributed by atoms with Gasteiger partial charge in [-0.05, 0) is 62.0 Å². The molecule has 0 spiro atoms. The van der Waals surface area contributed by atoms with Crippen LogP contribution in [0.3, 0.4) is 0 Å². The van der Waals surface area contributed by atoms with E-state index in [0.29, 0.717) is 23.8 Å². The van der Waals surface area contributed by atoms with Crippen molar-refractivity contribution in [3.05, 3.63) is 65.2 Å². The van der Waals surface area contributed by atoms with Crippen LogP contribution in [-0.4, -0.2) is 46.6 Å². The van der Waals surface area contributed by atoms with Crippen LogP contribution in [0.1, 0.15) is 35.4 Å². The van der Waals surface area contributed by atoms with Gasteiger partial charge in [0.15, 0.2) is 0 Å². The number of rotatable bonds is 3. The summed E-state index contributed by atoms with van der Waals surface area (Å²) >= 11 is 0. The largest absolute Gasteiger partial charge is 0.508 e. The number of phenolic OH excluding ortho intramolecular Hbond substituents is 1. The first-order valence-corrected chi connectivity index (χ1v) is 10.0. The maximum Gasteiger partial charge on any atom is 0.115 e. The van der Waals surface area contributed by atoms with E-state index in [4.69, 9.17) is 0 Å². The summed E-state index contributed by atoms with van der Waals surface area (Å²) in [4.78, 5) is 5.47. The molecule has 3 atom stereocenters. The predicted octanol–water partition coefficient (Wildman–Crippen LogP) is 3.76. The molecule has 0 amide bonds. The molecule has 0 aromatic heterocycles. The Morgan fingerprint density at radius 1 is 1.00 bits per heavy atom. The van der Waals surface area contributed by atoms with E-state index in [1.54, 1.807) is 6.07 Å². The number of aryl methyl sites for hydroxylation is 1. The van der Waals surface area contributed by atoms with Crippen molar-refractivity contribution in [1.29, 1.82) is 0 Å². The highest BCUT2D eigenvalue weighted by Crippen LogP contribution is 2.47. The molecule has 6 rings (SSSR count). The summed E-state index contributed by atoms with van der Waals surface area (Å²) in [5.41, 5.74) is 4.05. The van der Waals surface area contributed by atoms with Crippen LogP contribution < -0.4 is 0 Å². The van der Waals surface area contributed by atoms with Gasteiger partial charge >= 0.3 is 0 Å². The molecule has 4 heterocycles. The van der Waals surface area contributed by atoms with E-state index in [-0.39, 0.29) is 0 Å². The SMILES string of the molecule is Cc1ccc(CN2C[C@@H](c3cccc(O)c3)[C@@H]3[C@H]2C2CCN3CC2)cc1. The zero-order chi connectivity index (χ0) is 17.7. The molecular formula is C23H28N2O. The van der Waals surface area contributed by atoms with Gasteiger partial charge in [0.1, 0.15) is 5.75 Å². The third-order valence-corrected chi connectivity index (χ3v) is 6.90. The van der Waals surface area contributed by atoms with Gasteiger partial charge in [0.2, 0.25) is 0 Å². The number of phenols is 1. The van der Waals surface area contributed by atoms with Crippen molar-refractivity contribution in [2.45, 2.75) is 44.3 Å². The summed E-state index contributed by atoms with van der Waals surface area (Å²) in [5, 5.41) is 10.0. The van der Waals surface area contributed by atoms with E-state index in [9.17, 15) is 5.11 Å². The van der Waals surface area contributed by atoms with Gasteiger partial charge in [0.25, 0.3) is 0 Å². The monoisotopic (exact) mass is 348 g/mol. The molecule has 0 radical (unpaired) electrons. The summed E-state index contributed by atoms with van der Waals surface area (Å²) in [6, 6.07) is 18.3. The smallest absolute Gasteiger partial charge is 0.115 e. The van der Waals surface area contributed by atoms with Crippen molar-refractivity contribution in [3.63, 3.8) is 0 Å². The second-order valence-corrected chi connectivity index (χ2v) is 8.47. The molecule has 26 heavy (non-hydrogen) atoms. The van der Waals surface area contributed by atoms with Crippen molar-refractivity contribution in [3.8, 4) is 5.75 Å². The Bertz CT molecular complexity index is 779. The number of aromatic hydroxyl groups is 1.